The fourth-order valence-corrected chi connectivity index (χ4v) is 1.98. The number of allylic oxidation sites excluding steroid dienone is 1. The number of carbonyl (C=O) groups excluding carboxylic acids is 1. The van der Waals surface area contributed by atoms with Crippen LogP contribution in [0.2, 0.25) is 0 Å². The van der Waals surface area contributed by atoms with Crippen LogP contribution in [0.5, 0.6) is 0 Å². The minimum absolute atomic E-state index is 0.0649. The van der Waals surface area contributed by atoms with Crippen molar-refractivity contribution in [3.8, 4) is 0 Å². The van der Waals surface area contributed by atoms with Crippen LogP contribution in [0.1, 0.15) is 17.5 Å². The summed E-state index contributed by atoms with van der Waals surface area (Å²) in [5.74, 6) is 0.0649. The molecule has 0 unspecified atom stereocenters. The van der Waals surface area contributed by atoms with E-state index in [0.717, 1.165) is 16.8 Å². The number of carbonyl (C=O) groups is 1. The Morgan fingerprint density at radius 2 is 2.29 bits per heavy atom. The van der Waals surface area contributed by atoms with Crippen LogP contribution in [0.4, 0.5) is 0 Å². The number of ketones is 1. The maximum Gasteiger partial charge on any atom is 0.185 e. The summed E-state index contributed by atoms with van der Waals surface area (Å²) in [6, 6.07) is 1.96. The zero-order chi connectivity index (χ0) is 11.8. The van der Waals surface area contributed by atoms with E-state index in [1.165, 1.54) is 0 Å². The molecule has 2 aromatic rings. The van der Waals surface area contributed by atoms with E-state index in [2.05, 4.69) is 9.98 Å². The molecule has 4 heteroatoms. The summed E-state index contributed by atoms with van der Waals surface area (Å²) in [6.07, 6.45) is 9.41. The van der Waals surface area contributed by atoms with E-state index in [4.69, 9.17) is 0 Å². The Bertz CT molecular complexity index is 664. The van der Waals surface area contributed by atoms with Gasteiger partial charge in [-0.25, -0.2) is 4.98 Å². The normalized spacial score (nSPS) is 15.4. The molecule has 0 aromatic carbocycles. The number of hydrogen-bond donors (Lipinski definition) is 0. The van der Waals surface area contributed by atoms with E-state index < -0.39 is 0 Å². The molecule has 3 heterocycles. The number of nitrogens with zero attached hydrogens (tertiary/aromatic N) is 3. The molecule has 0 amide bonds. The average Bonchev–Trinajstić information content (AvgIpc) is 2.76. The molecule has 17 heavy (non-hydrogen) atoms. The highest BCUT2D eigenvalue weighted by atomic mass is 16.1. The van der Waals surface area contributed by atoms with Crippen molar-refractivity contribution >= 4 is 17.1 Å². The van der Waals surface area contributed by atoms with E-state index in [1.54, 1.807) is 18.5 Å². The van der Waals surface area contributed by atoms with Crippen LogP contribution in [-0.2, 0) is 4.79 Å². The Morgan fingerprint density at radius 1 is 1.41 bits per heavy atom. The van der Waals surface area contributed by atoms with Gasteiger partial charge in [-0.15, -0.1) is 0 Å². The Balaban J connectivity index is 2.22. The molecule has 2 aromatic heterocycles. The van der Waals surface area contributed by atoms with Crippen molar-refractivity contribution in [2.24, 2.45) is 4.99 Å². The molecule has 0 N–H and O–H groups in total. The fourth-order valence-electron chi connectivity index (χ4n) is 1.98. The molecule has 0 spiro atoms. The molecule has 0 saturated heterocycles. The second-order valence-corrected chi connectivity index (χ2v) is 4.05. The lowest BCUT2D eigenvalue weighted by Crippen LogP contribution is -2.18. The first-order valence-corrected chi connectivity index (χ1v) is 5.45. The molecule has 1 aliphatic heterocycles. The Morgan fingerprint density at radius 3 is 3.12 bits per heavy atom. The van der Waals surface area contributed by atoms with Gasteiger partial charge in [0.2, 0.25) is 0 Å². The molecule has 0 fully saturated rings. The second-order valence-electron chi connectivity index (χ2n) is 4.05. The van der Waals surface area contributed by atoms with Crippen LogP contribution in [0.3, 0.4) is 0 Å². The molecule has 0 atom stereocenters. The highest BCUT2D eigenvalue weighted by Gasteiger charge is 2.17. The monoisotopic (exact) mass is 225 g/mol. The minimum Gasteiger partial charge on any atom is -0.306 e. The van der Waals surface area contributed by atoms with Crippen molar-refractivity contribution in [1.29, 1.82) is 0 Å². The molecule has 0 aliphatic carbocycles. The summed E-state index contributed by atoms with van der Waals surface area (Å²) in [5.41, 5.74) is 3.32. The minimum atomic E-state index is 0.0649. The number of aryl methyl sites for hydroxylation is 1. The van der Waals surface area contributed by atoms with Crippen LogP contribution in [0.15, 0.2) is 41.9 Å². The first-order chi connectivity index (χ1) is 8.25. The number of imidazole rings is 1. The standard InChI is InChI=1S/C13H11N3O/c1-9-7-12-14-5-6-16(12)8-10(9)13-11(17)3-2-4-15-13/h2,4-8H,3H2,1H3. The summed E-state index contributed by atoms with van der Waals surface area (Å²) in [6.45, 7) is 1.97. The predicted molar refractivity (Wildman–Crippen MR) is 65.2 cm³/mol. The number of rotatable bonds is 1. The molecule has 3 rings (SSSR count). The van der Waals surface area contributed by atoms with Gasteiger partial charge in [0.1, 0.15) is 11.4 Å². The van der Waals surface area contributed by atoms with Gasteiger partial charge in [-0.2, -0.15) is 0 Å². The molecule has 0 saturated carbocycles. The smallest absolute Gasteiger partial charge is 0.185 e. The predicted octanol–water partition coefficient (Wildman–Crippen LogP) is 1.92. The third-order valence-electron chi connectivity index (χ3n) is 2.87. The topological polar surface area (TPSA) is 46.7 Å². The van der Waals surface area contributed by atoms with Crippen molar-refractivity contribution in [1.82, 2.24) is 9.38 Å². The van der Waals surface area contributed by atoms with Crippen molar-refractivity contribution < 1.29 is 4.79 Å². The zero-order valence-electron chi connectivity index (χ0n) is 9.42. The summed E-state index contributed by atoms with van der Waals surface area (Å²) in [5, 5.41) is 0. The first kappa shape index (κ1) is 9.96. The Hall–Kier alpha value is -2.23. The lowest BCUT2D eigenvalue weighted by atomic mass is 10.0. The van der Waals surface area contributed by atoms with Gasteiger partial charge < -0.3 is 4.40 Å². The van der Waals surface area contributed by atoms with Gasteiger partial charge in [0, 0.05) is 36.8 Å². The van der Waals surface area contributed by atoms with Crippen molar-refractivity contribution in [3.63, 3.8) is 0 Å². The number of aliphatic imine (C=N–C) groups is 1. The van der Waals surface area contributed by atoms with E-state index in [-0.39, 0.29) is 5.78 Å². The lowest BCUT2D eigenvalue weighted by Gasteiger charge is -2.10. The van der Waals surface area contributed by atoms with E-state index in [0.29, 0.717) is 12.1 Å². The molecule has 84 valence electrons. The van der Waals surface area contributed by atoms with Crippen molar-refractivity contribution in [2.75, 3.05) is 0 Å². The molecule has 4 nitrogen and oxygen atoms in total. The summed E-state index contributed by atoms with van der Waals surface area (Å²) in [4.78, 5) is 20.2. The largest absolute Gasteiger partial charge is 0.306 e. The first-order valence-electron chi connectivity index (χ1n) is 5.45. The van der Waals surface area contributed by atoms with Gasteiger partial charge in [0.05, 0.1) is 0 Å². The van der Waals surface area contributed by atoms with E-state index in [9.17, 15) is 4.79 Å². The summed E-state index contributed by atoms with van der Waals surface area (Å²) >= 11 is 0. The third kappa shape index (κ3) is 1.58. The average molecular weight is 225 g/mol. The molecular formula is C13H11N3O. The quantitative estimate of drug-likeness (QED) is 0.744. The van der Waals surface area contributed by atoms with E-state index in [1.807, 2.05) is 29.8 Å². The van der Waals surface area contributed by atoms with Gasteiger partial charge in [0.15, 0.2) is 5.78 Å². The van der Waals surface area contributed by atoms with Gasteiger partial charge in [-0.05, 0) is 18.6 Å². The highest BCUT2D eigenvalue weighted by molar-refractivity contribution is 6.47. The second kappa shape index (κ2) is 3.66. The lowest BCUT2D eigenvalue weighted by molar-refractivity contribution is -0.112. The van der Waals surface area contributed by atoms with Crippen LogP contribution in [-0.4, -0.2) is 20.9 Å². The number of Topliss-reactive ketones (excluding diaryl/α,β-unsaturated/α-hetero) is 1. The van der Waals surface area contributed by atoms with Gasteiger partial charge in [-0.1, -0.05) is 6.08 Å². The van der Waals surface area contributed by atoms with Crippen LogP contribution in [0, 0.1) is 6.92 Å². The van der Waals surface area contributed by atoms with Crippen molar-refractivity contribution in [3.05, 3.63) is 48.1 Å². The fraction of sp³-hybridized carbons (Fsp3) is 0.154. The molecule has 0 radical (unpaired) electrons. The van der Waals surface area contributed by atoms with Gasteiger partial charge in [-0.3, -0.25) is 9.79 Å². The number of aromatic nitrogens is 2. The van der Waals surface area contributed by atoms with Crippen LogP contribution >= 0.6 is 0 Å². The zero-order valence-corrected chi connectivity index (χ0v) is 9.42. The summed E-state index contributed by atoms with van der Waals surface area (Å²) < 4.78 is 1.90. The Kier molecular flexibility index (Phi) is 2.14. The molecule has 1 aliphatic rings. The number of hydrogen-bond acceptors (Lipinski definition) is 3. The summed E-state index contributed by atoms with van der Waals surface area (Å²) in [7, 11) is 0. The number of pyridine rings is 1. The SMILES string of the molecule is Cc1cc2nccn2cc1C1=NC=CCC1=O. The van der Waals surface area contributed by atoms with E-state index >= 15 is 0 Å². The molecular weight excluding hydrogens is 214 g/mol. The van der Waals surface area contributed by atoms with Gasteiger partial charge >= 0.3 is 0 Å². The number of fused-ring (bicyclic) bond motifs is 1. The third-order valence-corrected chi connectivity index (χ3v) is 2.87. The van der Waals surface area contributed by atoms with Crippen molar-refractivity contribution in [2.45, 2.75) is 13.3 Å². The maximum absolute atomic E-state index is 11.8. The Labute approximate surface area is 98.3 Å². The molecule has 0 bridgehead atoms. The highest BCUT2D eigenvalue weighted by Crippen LogP contribution is 2.15. The van der Waals surface area contributed by atoms with Crippen LogP contribution < -0.4 is 0 Å². The van der Waals surface area contributed by atoms with Gasteiger partial charge in [0.25, 0.3) is 0 Å². The van der Waals surface area contributed by atoms with Crippen LogP contribution in [0.25, 0.3) is 5.65 Å². The maximum atomic E-state index is 11.8.